The number of hydrogen-bond donors (Lipinski definition) is 1. The first-order chi connectivity index (χ1) is 7.31. The lowest BCUT2D eigenvalue weighted by Gasteiger charge is -2.10. The van der Waals surface area contributed by atoms with Crippen LogP contribution in [-0.4, -0.2) is 19.2 Å². The van der Waals surface area contributed by atoms with E-state index in [1.54, 1.807) is 7.11 Å². The molecule has 2 fully saturated rings. The van der Waals surface area contributed by atoms with E-state index in [-0.39, 0.29) is 0 Å². The van der Waals surface area contributed by atoms with E-state index in [4.69, 9.17) is 4.74 Å². The molecular formula is C13H17NO. The molecule has 3 rings (SSSR count). The van der Waals surface area contributed by atoms with Crippen molar-refractivity contribution in [1.29, 1.82) is 0 Å². The third-order valence-corrected chi connectivity index (χ3v) is 3.80. The van der Waals surface area contributed by atoms with Gasteiger partial charge in [-0.1, -0.05) is 12.1 Å². The molecule has 1 aliphatic carbocycles. The number of rotatable bonds is 2. The summed E-state index contributed by atoms with van der Waals surface area (Å²) < 4.78 is 5.17. The van der Waals surface area contributed by atoms with Gasteiger partial charge in [-0.15, -0.1) is 0 Å². The molecule has 1 aliphatic heterocycles. The predicted octanol–water partition coefficient (Wildman–Crippen LogP) is 2.30. The van der Waals surface area contributed by atoms with Gasteiger partial charge in [0.15, 0.2) is 0 Å². The van der Waals surface area contributed by atoms with Crippen LogP contribution in [0.1, 0.15) is 30.7 Å². The maximum Gasteiger partial charge on any atom is 0.118 e. The van der Waals surface area contributed by atoms with Crippen molar-refractivity contribution in [2.24, 2.45) is 0 Å². The number of hydrogen-bond acceptors (Lipinski definition) is 2. The molecule has 0 aromatic heterocycles. The van der Waals surface area contributed by atoms with Crippen molar-refractivity contribution in [2.45, 2.75) is 30.7 Å². The van der Waals surface area contributed by atoms with Gasteiger partial charge in [0, 0.05) is 12.1 Å². The molecular weight excluding hydrogens is 186 g/mol. The molecule has 0 amide bonds. The van der Waals surface area contributed by atoms with E-state index in [9.17, 15) is 0 Å². The van der Waals surface area contributed by atoms with Crippen molar-refractivity contribution in [3.63, 3.8) is 0 Å². The zero-order chi connectivity index (χ0) is 10.3. The summed E-state index contributed by atoms with van der Waals surface area (Å²) in [6.45, 7) is 1.15. The van der Waals surface area contributed by atoms with Crippen molar-refractivity contribution >= 4 is 0 Å². The van der Waals surface area contributed by atoms with Crippen molar-refractivity contribution in [2.75, 3.05) is 13.7 Å². The maximum absolute atomic E-state index is 5.17. The summed E-state index contributed by atoms with van der Waals surface area (Å²) in [7, 11) is 1.71. The van der Waals surface area contributed by atoms with Gasteiger partial charge in [-0.3, -0.25) is 0 Å². The van der Waals surface area contributed by atoms with Gasteiger partial charge in [0.1, 0.15) is 5.75 Å². The summed E-state index contributed by atoms with van der Waals surface area (Å²) in [5.74, 6) is 1.66. The SMILES string of the molecule is COc1ccc(C2CNC3(CC3)C2)cc1. The minimum atomic E-state index is 0.532. The smallest absolute Gasteiger partial charge is 0.118 e. The van der Waals surface area contributed by atoms with E-state index in [0.717, 1.165) is 12.3 Å². The summed E-state index contributed by atoms with van der Waals surface area (Å²) in [6, 6.07) is 8.53. The van der Waals surface area contributed by atoms with Crippen LogP contribution in [0.3, 0.4) is 0 Å². The Hall–Kier alpha value is -1.02. The molecule has 0 radical (unpaired) electrons. The highest BCUT2D eigenvalue weighted by Gasteiger charge is 2.48. The molecule has 1 spiro atoms. The highest BCUT2D eigenvalue weighted by Crippen LogP contribution is 2.47. The standard InChI is InChI=1S/C13H17NO/c1-15-12-4-2-10(3-5-12)11-8-13(6-7-13)14-9-11/h2-5,11,14H,6-9H2,1H3. The molecule has 2 aliphatic rings. The Morgan fingerprint density at radius 3 is 2.53 bits per heavy atom. The van der Waals surface area contributed by atoms with Gasteiger partial charge in [-0.05, 0) is 42.9 Å². The van der Waals surface area contributed by atoms with Gasteiger partial charge in [0.2, 0.25) is 0 Å². The number of nitrogens with one attached hydrogen (secondary N) is 1. The van der Waals surface area contributed by atoms with Crippen molar-refractivity contribution in [1.82, 2.24) is 5.32 Å². The quantitative estimate of drug-likeness (QED) is 0.796. The molecule has 1 aromatic carbocycles. The number of methoxy groups -OCH3 is 1. The fourth-order valence-electron chi connectivity index (χ4n) is 2.60. The van der Waals surface area contributed by atoms with Crippen LogP contribution in [0.25, 0.3) is 0 Å². The second-order valence-electron chi connectivity index (χ2n) is 4.84. The molecule has 1 unspecified atom stereocenters. The molecule has 1 aromatic rings. The summed E-state index contributed by atoms with van der Waals surface area (Å²) in [6.07, 6.45) is 4.07. The Kier molecular flexibility index (Phi) is 1.99. The zero-order valence-electron chi connectivity index (χ0n) is 9.12. The van der Waals surface area contributed by atoms with Crippen LogP contribution in [0, 0.1) is 0 Å². The van der Waals surface area contributed by atoms with Crippen LogP contribution in [0.2, 0.25) is 0 Å². The van der Waals surface area contributed by atoms with Crippen LogP contribution in [0.4, 0.5) is 0 Å². The van der Waals surface area contributed by atoms with Gasteiger partial charge < -0.3 is 10.1 Å². The van der Waals surface area contributed by atoms with Crippen LogP contribution in [-0.2, 0) is 0 Å². The van der Waals surface area contributed by atoms with E-state index in [2.05, 4.69) is 29.6 Å². The van der Waals surface area contributed by atoms with Gasteiger partial charge in [0.25, 0.3) is 0 Å². The molecule has 1 atom stereocenters. The van der Waals surface area contributed by atoms with Crippen LogP contribution in [0.15, 0.2) is 24.3 Å². The van der Waals surface area contributed by atoms with Gasteiger partial charge in [-0.2, -0.15) is 0 Å². The topological polar surface area (TPSA) is 21.3 Å². The average Bonchev–Trinajstić information content (AvgIpc) is 2.90. The Balaban J connectivity index is 1.75. The summed E-state index contributed by atoms with van der Waals surface area (Å²) in [5, 5.41) is 3.65. The summed E-state index contributed by atoms with van der Waals surface area (Å²) in [4.78, 5) is 0. The second kappa shape index (κ2) is 3.24. The van der Waals surface area contributed by atoms with Crippen molar-refractivity contribution in [3.8, 4) is 5.75 Å². The van der Waals surface area contributed by atoms with E-state index >= 15 is 0 Å². The normalized spacial score (nSPS) is 26.9. The van der Waals surface area contributed by atoms with Crippen LogP contribution >= 0.6 is 0 Å². The van der Waals surface area contributed by atoms with E-state index in [0.29, 0.717) is 11.5 Å². The molecule has 2 heteroatoms. The first-order valence-corrected chi connectivity index (χ1v) is 5.70. The predicted molar refractivity (Wildman–Crippen MR) is 60.3 cm³/mol. The number of benzene rings is 1. The molecule has 15 heavy (non-hydrogen) atoms. The Bertz CT molecular complexity index is 353. The molecule has 80 valence electrons. The first-order valence-electron chi connectivity index (χ1n) is 5.70. The lowest BCUT2D eigenvalue weighted by molar-refractivity contribution is 0.414. The number of ether oxygens (including phenoxy) is 1. The first kappa shape index (κ1) is 9.22. The molecule has 0 bridgehead atoms. The Morgan fingerprint density at radius 1 is 1.27 bits per heavy atom. The molecule has 1 saturated carbocycles. The average molecular weight is 203 g/mol. The molecule has 1 N–H and O–H groups in total. The lowest BCUT2D eigenvalue weighted by Crippen LogP contribution is -2.22. The van der Waals surface area contributed by atoms with Crippen molar-refractivity contribution < 1.29 is 4.74 Å². The van der Waals surface area contributed by atoms with Gasteiger partial charge in [0.05, 0.1) is 7.11 Å². The Morgan fingerprint density at radius 2 is 2.00 bits per heavy atom. The van der Waals surface area contributed by atoms with Crippen LogP contribution < -0.4 is 10.1 Å². The zero-order valence-corrected chi connectivity index (χ0v) is 9.12. The third-order valence-electron chi connectivity index (χ3n) is 3.80. The molecule has 1 heterocycles. The van der Waals surface area contributed by atoms with Crippen molar-refractivity contribution in [3.05, 3.63) is 29.8 Å². The minimum Gasteiger partial charge on any atom is -0.497 e. The van der Waals surface area contributed by atoms with Crippen LogP contribution in [0.5, 0.6) is 5.75 Å². The fourth-order valence-corrected chi connectivity index (χ4v) is 2.60. The molecule has 2 nitrogen and oxygen atoms in total. The fraction of sp³-hybridized carbons (Fsp3) is 0.538. The summed E-state index contributed by atoms with van der Waals surface area (Å²) in [5.41, 5.74) is 1.98. The van der Waals surface area contributed by atoms with Gasteiger partial charge >= 0.3 is 0 Å². The summed E-state index contributed by atoms with van der Waals surface area (Å²) >= 11 is 0. The van der Waals surface area contributed by atoms with Gasteiger partial charge in [-0.25, -0.2) is 0 Å². The lowest BCUT2D eigenvalue weighted by atomic mass is 9.95. The Labute approximate surface area is 90.6 Å². The largest absolute Gasteiger partial charge is 0.497 e. The minimum absolute atomic E-state index is 0.532. The molecule has 1 saturated heterocycles. The van der Waals surface area contributed by atoms with E-state index < -0.39 is 0 Å². The van der Waals surface area contributed by atoms with E-state index in [1.165, 1.54) is 24.8 Å². The highest BCUT2D eigenvalue weighted by atomic mass is 16.5. The third kappa shape index (κ3) is 1.63. The highest BCUT2D eigenvalue weighted by molar-refractivity contribution is 5.31. The van der Waals surface area contributed by atoms with E-state index in [1.807, 2.05) is 0 Å². The monoisotopic (exact) mass is 203 g/mol. The second-order valence-corrected chi connectivity index (χ2v) is 4.84. The maximum atomic E-state index is 5.17.